The van der Waals surface area contributed by atoms with Crippen LogP contribution in [0, 0.1) is 5.92 Å². The van der Waals surface area contributed by atoms with Crippen LogP contribution in [0.15, 0.2) is 54.6 Å². The summed E-state index contributed by atoms with van der Waals surface area (Å²) in [5, 5.41) is 9.51. The zero-order chi connectivity index (χ0) is 16.4. The van der Waals surface area contributed by atoms with Crippen molar-refractivity contribution in [2.45, 2.75) is 12.5 Å². The Morgan fingerprint density at radius 1 is 1.13 bits per heavy atom. The van der Waals surface area contributed by atoms with E-state index in [0.29, 0.717) is 11.4 Å². The van der Waals surface area contributed by atoms with E-state index >= 15 is 0 Å². The fourth-order valence-electron chi connectivity index (χ4n) is 3.03. The van der Waals surface area contributed by atoms with Crippen LogP contribution >= 0.6 is 0 Å². The lowest BCUT2D eigenvalue weighted by molar-refractivity contribution is -0.142. The number of aliphatic carboxylic acids is 1. The third-order valence-electron chi connectivity index (χ3n) is 4.13. The molecular weight excluding hydrogens is 294 g/mol. The molecule has 2 atom stereocenters. The summed E-state index contributed by atoms with van der Waals surface area (Å²) in [5.41, 5.74) is 1.50. The molecule has 0 spiro atoms. The van der Waals surface area contributed by atoms with Gasteiger partial charge in [-0.25, -0.2) is 0 Å². The number of carbonyl (C=O) groups excluding carboxylic acids is 1. The molecule has 0 aromatic heterocycles. The van der Waals surface area contributed by atoms with Gasteiger partial charge in [0.2, 0.25) is 5.91 Å². The van der Waals surface area contributed by atoms with E-state index in [2.05, 4.69) is 0 Å². The zero-order valence-corrected chi connectivity index (χ0v) is 12.7. The maximum Gasteiger partial charge on any atom is 0.309 e. The average molecular weight is 311 g/mol. The first-order valence-electron chi connectivity index (χ1n) is 7.35. The first-order chi connectivity index (χ1) is 11.1. The molecule has 23 heavy (non-hydrogen) atoms. The molecule has 5 heteroatoms. The molecule has 1 fully saturated rings. The Labute approximate surface area is 134 Å². The Balaban J connectivity index is 2.04. The first kappa shape index (κ1) is 15.1. The van der Waals surface area contributed by atoms with Crippen molar-refractivity contribution in [3.63, 3.8) is 0 Å². The number of hydrogen-bond acceptors (Lipinski definition) is 3. The number of hydrogen-bond donors (Lipinski definition) is 1. The van der Waals surface area contributed by atoms with Gasteiger partial charge >= 0.3 is 5.97 Å². The predicted molar refractivity (Wildman–Crippen MR) is 85.4 cm³/mol. The van der Waals surface area contributed by atoms with Gasteiger partial charge < -0.3 is 14.7 Å². The lowest BCUT2D eigenvalue weighted by atomic mass is 9.93. The Morgan fingerprint density at radius 2 is 1.78 bits per heavy atom. The minimum absolute atomic E-state index is 0.000916. The Hall–Kier alpha value is -2.82. The number of nitrogens with zero attached hydrogens (tertiary/aromatic N) is 1. The van der Waals surface area contributed by atoms with E-state index < -0.39 is 17.9 Å². The van der Waals surface area contributed by atoms with Gasteiger partial charge in [0, 0.05) is 12.1 Å². The summed E-state index contributed by atoms with van der Waals surface area (Å²) >= 11 is 0. The van der Waals surface area contributed by atoms with Gasteiger partial charge in [-0.3, -0.25) is 9.59 Å². The number of ether oxygens (including phenoxy) is 1. The van der Waals surface area contributed by atoms with Crippen molar-refractivity contribution < 1.29 is 19.4 Å². The quantitative estimate of drug-likeness (QED) is 0.943. The minimum Gasteiger partial charge on any atom is -0.497 e. The number of carbonyl (C=O) groups is 2. The van der Waals surface area contributed by atoms with E-state index in [-0.39, 0.29) is 12.3 Å². The van der Waals surface area contributed by atoms with Crippen LogP contribution < -0.4 is 9.64 Å². The molecule has 0 aliphatic carbocycles. The molecule has 0 saturated carbocycles. The van der Waals surface area contributed by atoms with Gasteiger partial charge in [0.15, 0.2) is 0 Å². The fourth-order valence-corrected chi connectivity index (χ4v) is 3.03. The van der Waals surface area contributed by atoms with Gasteiger partial charge in [0.25, 0.3) is 0 Å². The summed E-state index contributed by atoms with van der Waals surface area (Å²) in [6, 6.07) is 15.9. The van der Waals surface area contributed by atoms with Crippen molar-refractivity contribution >= 4 is 17.6 Å². The lowest BCUT2D eigenvalue weighted by Crippen LogP contribution is -2.30. The van der Waals surface area contributed by atoms with Crippen molar-refractivity contribution in [3.05, 3.63) is 60.2 Å². The highest BCUT2D eigenvalue weighted by Crippen LogP contribution is 2.41. The number of carboxylic acids is 1. The zero-order valence-electron chi connectivity index (χ0n) is 12.7. The molecule has 118 valence electrons. The SMILES string of the molecule is COc1ccc(N2C(=O)C[C@H](C(=O)O)[C@@H]2c2ccccc2)cc1. The second kappa shape index (κ2) is 6.12. The van der Waals surface area contributed by atoms with Crippen molar-refractivity contribution in [2.75, 3.05) is 12.0 Å². The van der Waals surface area contributed by atoms with Gasteiger partial charge in [-0.15, -0.1) is 0 Å². The summed E-state index contributed by atoms with van der Waals surface area (Å²) in [6.07, 6.45) is 0.000916. The van der Waals surface area contributed by atoms with Crippen LogP contribution in [0.3, 0.4) is 0 Å². The second-order valence-corrected chi connectivity index (χ2v) is 5.47. The van der Waals surface area contributed by atoms with Gasteiger partial charge in [0.1, 0.15) is 5.75 Å². The topological polar surface area (TPSA) is 66.8 Å². The van der Waals surface area contributed by atoms with Crippen LogP contribution in [0.4, 0.5) is 5.69 Å². The predicted octanol–water partition coefficient (Wildman–Crippen LogP) is 2.87. The number of amides is 1. The molecule has 1 saturated heterocycles. The highest BCUT2D eigenvalue weighted by molar-refractivity contribution is 6.00. The third-order valence-corrected chi connectivity index (χ3v) is 4.13. The van der Waals surface area contributed by atoms with E-state index in [4.69, 9.17) is 4.74 Å². The summed E-state index contributed by atoms with van der Waals surface area (Å²) in [6.45, 7) is 0. The molecule has 2 aromatic rings. The standard InChI is InChI=1S/C18H17NO4/c1-23-14-9-7-13(8-10-14)19-16(20)11-15(18(21)22)17(19)12-5-3-2-4-6-12/h2-10,15,17H,11H2,1H3,(H,21,22)/t15-,17-/m0/s1. The normalized spacial score (nSPS) is 20.6. The maximum atomic E-state index is 12.5. The molecule has 0 unspecified atom stereocenters. The minimum atomic E-state index is -0.955. The molecule has 1 N–H and O–H groups in total. The van der Waals surface area contributed by atoms with Gasteiger partial charge in [-0.1, -0.05) is 30.3 Å². The number of anilines is 1. The molecule has 1 heterocycles. The molecule has 5 nitrogen and oxygen atoms in total. The van der Waals surface area contributed by atoms with E-state index in [0.717, 1.165) is 5.56 Å². The molecule has 3 rings (SSSR count). The van der Waals surface area contributed by atoms with Crippen molar-refractivity contribution in [1.82, 2.24) is 0 Å². The van der Waals surface area contributed by atoms with E-state index in [9.17, 15) is 14.7 Å². The second-order valence-electron chi connectivity index (χ2n) is 5.47. The smallest absolute Gasteiger partial charge is 0.309 e. The van der Waals surface area contributed by atoms with Gasteiger partial charge in [0.05, 0.1) is 19.1 Å². The number of benzene rings is 2. The number of methoxy groups -OCH3 is 1. The van der Waals surface area contributed by atoms with E-state index in [1.54, 1.807) is 36.3 Å². The van der Waals surface area contributed by atoms with Crippen LogP contribution in [0.1, 0.15) is 18.0 Å². The van der Waals surface area contributed by atoms with Crippen molar-refractivity contribution in [1.29, 1.82) is 0 Å². The first-order valence-corrected chi connectivity index (χ1v) is 7.35. The number of carboxylic acid groups (broad SMARTS) is 1. The number of rotatable bonds is 4. The molecular formula is C18H17NO4. The van der Waals surface area contributed by atoms with Crippen LogP contribution in [0.2, 0.25) is 0 Å². The maximum absolute atomic E-state index is 12.5. The van der Waals surface area contributed by atoms with Crippen LogP contribution in [-0.2, 0) is 9.59 Å². The summed E-state index contributed by atoms with van der Waals surface area (Å²) < 4.78 is 5.13. The summed E-state index contributed by atoms with van der Waals surface area (Å²) in [5.74, 6) is -1.21. The highest BCUT2D eigenvalue weighted by atomic mass is 16.5. The fraction of sp³-hybridized carbons (Fsp3) is 0.222. The summed E-state index contributed by atoms with van der Waals surface area (Å²) in [4.78, 5) is 25.6. The molecule has 0 radical (unpaired) electrons. The Kier molecular flexibility index (Phi) is 4.02. The molecule has 0 bridgehead atoms. The average Bonchev–Trinajstić information content (AvgIpc) is 2.93. The molecule has 1 aliphatic heterocycles. The third kappa shape index (κ3) is 2.77. The highest BCUT2D eigenvalue weighted by Gasteiger charge is 2.45. The monoisotopic (exact) mass is 311 g/mol. The largest absolute Gasteiger partial charge is 0.497 e. The molecule has 1 amide bonds. The van der Waals surface area contributed by atoms with Gasteiger partial charge in [-0.2, -0.15) is 0 Å². The lowest BCUT2D eigenvalue weighted by Gasteiger charge is -2.27. The molecule has 2 aromatic carbocycles. The van der Waals surface area contributed by atoms with Crippen LogP contribution in [-0.4, -0.2) is 24.1 Å². The van der Waals surface area contributed by atoms with Crippen LogP contribution in [0.5, 0.6) is 5.75 Å². The summed E-state index contributed by atoms with van der Waals surface area (Å²) in [7, 11) is 1.57. The van der Waals surface area contributed by atoms with Gasteiger partial charge in [-0.05, 0) is 29.8 Å². The van der Waals surface area contributed by atoms with Crippen molar-refractivity contribution in [3.8, 4) is 5.75 Å². The Morgan fingerprint density at radius 3 is 2.35 bits per heavy atom. The molecule has 1 aliphatic rings. The Bertz CT molecular complexity index is 712. The van der Waals surface area contributed by atoms with Crippen LogP contribution in [0.25, 0.3) is 0 Å². The van der Waals surface area contributed by atoms with E-state index in [1.165, 1.54) is 0 Å². The van der Waals surface area contributed by atoms with E-state index in [1.807, 2.05) is 30.3 Å². The van der Waals surface area contributed by atoms with Crippen molar-refractivity contribution in [2.24, 2.45) is 5.92 Å².